The number of hydrogen-bond acceptors (Lipinski definition) is 4. The van der Waals surface area contributed by atoms with Crippen molar-refractivity contribution < 1.29 is 8.42 Å². The number of nitrogens with one attached hydrogen (secondary N) is 1. The molecule has 0 amide bonds. The lowest BCUT2D eigenvalue weighted by atomic mass is 10.2. The maximum atomic E-state index is 12.4. The predicted octanol–water partition coefficient (Wildman–Crippen LogP) is 1.67. The van der Waals surface area contributed by atoms with Crippen molar-refractivity contribution in [2.45, 2.75) is 25.2 Å². The summed E-state index contributed by atoms with van der Waals surface area (Å²) in [4.78, 5) is 0.220. The molecule has 2 rings (SSSR count). The van der Waals surface area contributed by atoms with Crippen molar-refractivity contribution in [3.63, 3.8) is 0 Å². The van der Waals surface area contributed by atoms with E-state index in [1.54, 1.807) is 37.0 Å². The van der Waals surface area contributed by atoms with Gasteiger partial charge in [-0.1, -0.05) is 6.92 Å². The van der Waals surface area contributed by atoms with Gasteiger partial charge in [0, 0.05) is 18.9 Å². The zero-order chi connectivity index (χ0) is 14.9. The number of nitrogens with zero attached hydrogens (tertiary/aromatic N) is 2. The Morgan fingerprint density at radius 2 is 2.10 bits per heavy atom. The number of sulfonamides is 1. The number of anilines is 2. The van der Waals surface area contributed by atoms with Crippen LogP contribution in [0.3, 0.4) is 0 Å². The average molecular weight is 294 g/mol. The molecule has 3 N–H and O–H groups in total. The second-order valence-electron chi connectivity index (χ2n) is 4.65. The summed E-state index contributed by atoms with van der Waals surface area (Å²) < 4.78 is 29.0. The molecule has 1 heterocycles. The number of hydrogen-bond donors (Lipinski definition) is 2. The lowest BCUT2D eigenvalue weighted by Crippen LogP contribution is -2.15. The van der Waals surface area contributed by atoms with Crippen LogP contribution in [0.15, 0.2) is 29.3 Å². The second kappa shape index (κ2) is 5.16. The van der Waals surface area contributed by atoms with E-state index < -0.39 is 10.0 Å². The quantitative estimate of drug-likeness (QED) is 0.839. The van der Waals surface area contributed by atoms with Crippen LogP contribution in [-0.4, -0.2) is 18.2 Å². The topological polar surface area (TPSA) is 90.0 Å². The molecule has 20 heavy (non-hydrogen) atoms. The molecule has 0 bridgehead atoms. The Kier molecular flexibility index (Phi) is 3.71. The smallest absolute Gasteiger partial charge is 0.262 e. The minimum atomic E-state index is -3.64. The van der Waals surface area contributed by atoms with Crippen LogP contribution in [-0.2, 0) is 23.5 Å². The van der Waals surface area contributed by atoms with Gasteiger partial charge in [0.25, 0.3) is 10.0 Å². The van der Waals surface area contributed by atoms with E-state index in [1.165, 1.54) is 6.07 Å². The fraction of sp³-hybridized carbons (Fsp3) is 0.308. The van der Waals surface area contributed by atoms with Crippen LogP contribution >= 0.6 is 0 Å². The van der Waals surface area contributed by atoms with Gasteiger partial charge in [-0.15, -0.1) is 0 Å². The highest BCUT2D eigenvalue weighted by Crippen LogP contribution is 2.23. The van der Waals surface area contributed by atoms with Crippen molar-refractivity contribution in [2.75, 3.05) is 10.5 Å². The summed E-state index contributed by atoms with van der Waals surface area (Å²) in [5.41, 5.74) is 8.01. The van der Waals surface area contributed by atoms with Gasteiger partial charge in [0.15, 0.2) is 0 Å². The number of aryl methyl sites for hydroxylation is 3. The Hall–Kier alpha value is -2.02. The Morgan fingerprint density at radius 1 is 1.40 bits per heavy atom. The molecular weight excluding hydrogens is 276 g/mol. The number of nitrogens with two attached hydrogens (primary N) is 1. The third-order valence-corrected chi connectivity index (χ3v) is 4.50. The molecular formula is C13H18N4O2S. The van der Waals surface area contributed by atoms with Gasteiger partial charge in [-0.25, -0.2) is 8.42 Å². The largest absolute Gasteiger partial charge is 0.399 e. The fourth-order valence-corrected chi connectivity index (χ4v) is 3.35. The first kappa shape index (κ1) is 14.4. The molecule has 108 valence electrons. The van der Waals surface area contributed by atoms with E-state index >= 15 is 0 Å². The Labute approximate surface area is 118 Å². The summed E-state index contributed by atoms with van der Waals surface area (Å²) in [6.07, 6.45) is 2.31. The minimum Gasteiger partial charge on any atom is -0.399 e. The van der Waals surface area contributed by atoms with Gasteiger partial charge < -0.3 is 5.73 Å². The molecule has 0 aliphatic rings. The predicted molar refractivity (Wildman–Crippen MR) is 79.0 cm³/mol. The number of aromatic nitrogens is 2. The van der Waals surface area contributed by atoms with Crippen molar-refractivity contribution in [3.8, 4) is 0 Å². The van der Waals surface area contributed by atoms with Crippen molar-refractivity contribution in [3.05, 3.63) is 35.7 Å². The molecule has 0 spiro atoms. The summed E-state index contributed by atoms with van der Waals surface area (Å²) in [7, 11) is -1.88. The monoisotopic (exact) mass is 294 g/mol. The maximum absolute atomic E-state index is 12.4. The SMILES string of the molecule is CCc1nn(C)cc1NS(=O)(=O)c1ccc(N)cc1C. The lowest BCUT2D eigenvalue weighted by molar-refractivity contribution is 0.600. The third kappa shape index (κ3) is 2.77. The normalized spacial score (nSPS) is 11.6. The summed E-state index contributed by atoms with van der Waals surface area (Å²) in [6.45, 7) is 3.64. The molecule has 2 aromatic rings. The summed E-state index contributed by atoms with van der Waals surface area (Å²) in [5, 5.41) is 4.21. The summed E-state index contributed by atoms with van der Waals surface area (Å²) in [6, 6.07) is 4.72. The zero-order valence-corrected chi connectivity index (χ0v) is 12.5. The Bertz CT molecular complexity index is 735. The first-order valence-electron chi connectivity index (χ1n) is 6.25. The van der Waals surface area contributed by atoms with Crippen molar-refractivity contribution in [2.24, 2.45) is 7.05 Å². The number of nitrogen functional groups attached to an aromatic ring is 1. The van der Waals surface area contributed by atoms with Gasteiger partial charge in [0.05, 0.1) is 16.3 Å². The highest BCUT2D eigenvalue weighted by molar-refractivity contribution is 7.92. The van der Waals surface area contributed by atoms with Crippen LogP contribution in [0.25, 0.3) is 0 Å². The second-order valence-corrected chi connectivity index (χ2v) is 6.30. The molecule has 0 unspecified atom stereocenters. The van der Waals surface area contributed by atoms with E-state index in [4.69, 9.17) is 5.73 Å². The van der Waals surface area contributed by atoms with Gasteiger partial charge in [-0.3, -0.25) is 9.40 Å². The van der Waals surface area contributed by atoms with Crippen LogP contribution in [0.1, 0.15) is 18.2 Å². The standard InChI is InChI=1S/C13H18N4O2S/c1-4-11-12(8-17(3)15-11)16-20(18,19)13-6-5-10(14)7-9(13)2/h5-8,16H,4,14H2,1-3H3. The number of benzene rings is 1. The molecule has 0 atom stereocenters. The van der Waals surface area contributed by atoms with E-state index in [0.717, 1.165) is 0 Å². The minimum absolute atomic E-state index is 0.220. The van der Waals surface area contributed by atoms with Crippen LogP contribution in [0.5, 0.6) is 0 Å². The zero-order valence-electron chi connectivity index (χ0n) is 11.7. The molecule has 0 aliphatic heterocycles. The van der Waals surface area contributed by atoms with E-state index in [9.17, 15) is 8.42 Å². The van der Waals surface area contributed by atoms with E-state index in [0.29, 0.717) is 29.1 Å². The van der Waals surface area contributed by atoms with E-state index in [2.05, 4.69) is 9.82 Å². The van der Waals surface area contributed by atoms with Gasteiger partial charge in [-0.05, 0) is 37.1 Å². The molecule has 0 fully saturated rings. The average Bonchev–Trinajstić information content (AvgIpc) is 2.67. The first-order valence-corrected chi connectivity index (χ1v) is 7.73. The number of rotatable bonds is 4. The molecule has 1 aromatic carbocycles. The van der Waals surface area contributed by atoms with Crippen molar-refractivity contribution in [1.82, 2.24) is 9.78 Å². The molecule has 0 radical (unpaired) electrons. The van der Waals surface area contributed by atoms with Crippen molar-refractivity contribution in [1.29, 1.82) is 0 Å². The van der Waals surface area contributed by atoms with Crippen molar-refractivity contribution >= 4 is 21.4 Å². The van der Waals surface area contributed by atoms with Gasteiger partial charge in [-0.2, -0.15) is 5.10 Å². The Balaban J connectivity index is 2.40. The van der Waals surface area contributed by atoms with E-state index in [-0.39, 0.29) is 4.90 Å². The van der Waals surface area contributed by atoms with Crippen LogP contribution in [0, 0.1) is 6.92 Å². The van der Waals surface area contributed by atoms with E-state index in [1.807, 2.05) is 6.92 Å². The molecule has 6 nitrogen and oxygen atoms in total. The molecule has 1 aromatic heterocycles. The van der Waals surface area contributed by atoms with Gasteiger partial charge in [0.2, 0.25) is 0 Å². The maximum Gasteiger partial charge on any atom is 0.262 e. The van der Waals surface area contributed by atoms with Crippen LogP contribution in [0.2, 0.25) is 0 Å². The third-order valence-electron chi connectivity index (χ3n) is 2.97. The van der Waals surface area contributed by atoms with Crippen LogP contribution in [0.4, 0.5) is 11.4 Å². The van der Waals surface area contributed by atoms with Gasteiger partial charge in [0.1, 0.15) is 0 Å². The highest BCUT2D eigenvalue weighted by Gasteiger charge is 2.19. The fourth-order valence-electron chi connectivity index (χ4n) is 2.05. The Morgan fingerprint density at radius 3 is 2.70 bits per heavy atom. The molecule has 0 aliphatic carbocycles. The summed E-state index contributed by atoms with van der Waals surface area (Å²) >= 11 is 0. The first-order chi connectivity index (χ1) is 9.33. The lowest BCUT2D eigenvalue weighted by Gasteiger charge is -2.10. The molecule has 0 saturated heterocycles. The van der Waals surface area contributed by atoms with Gasteiger partial charge >= 0.3 is 0 Å². The molecule has 0 saturated carbocycles. The summed E-state index contributed by atoms with van der Waals surface area (Å²) in [5.74, 6) is 0. The highest BCUT2D eigenvalue weighted by atomic mass is 32.2. The molecule has 7 heteroatoms. The van der Waals surface area contributed by atoms with Crippen LogP contribution < -0.4 is 10.5 Å².